The number of likely N-dealkylation sites (N-methyl/N-ethyl adjacent to an activating group) is 1. The van der Waals surface area contributed by atoms with Crippen LogP contribution in [0.2, 0.25) is 0 Å². The fourth-order valence-electron chi connectivity index (χ4n) is 3.37. The molecule has 0 aromatic heterocycles. The zero-order chi connectivity index (χ0) is 13.0. The van der Waals surface area contributed by atoms with Gasteiger partial charge in [0.15, 0.2) is 0 Å². The Hall–Kier alpha value is -0.590. The van der Waals surface area contributed by atoms with Gasteiger partial charge >= 0.3 is 0 Å². The summed E-state index contributed by atoms with van der Waals surface area (Å²) < 4.78 is 0. The van der Waals surface area contributed by atoms with Crippen molar-refractivity contribution in [2.45, 2.75) is 51.5 Å². The molecule has 102 valence electrons. The summed E-state index contributed by atoms with van der Waals surface area (Å²) in [6.45, 7) is 8.60. The van der Waals surface area contributed by atoms with Crippen LogP contribution in [0.1, 0.15) is 46.0 Å². The van der Waals surface area contributed by atoms with Gasteiger partial charge in [0.2, 0.25) is 0 Å². The minimum absolute atomic E-state index is 0.273. The van der Waals surface area contributed by atoms with E-state index in [0.29, 0.717) is 5.92 Å². The van der Waals surface area contributed by atoms with E-state index in [1.54, 1.807) is 0 Å². The summed E-state index contributed by atoms with van der Waals surface area (Å²) in [5.41, 5.74) is -0.273. The highest BCUT2D eigenvalue weighted by Crippen LogP contribution is 2.40. The van der Waals surface area contributed by atoms with Crippen molar-refractivity contribution in [2.24, 2.45) is 11.8 Å². The summed E-state index contributed by atoms with van der Waals surface area (Å²) in [7, 11) is 0. The van der Waals surface area contributed by atoms with Crippen LogP contribution in [0.4, 0.5) is 0 Å². The number of nitrogens with zero attached hydrogens (tertiary/aromatic N) is 2. The highest BCUT2D eigenvalue weighted by molar-refractivity contribution is 5.16. The Morgan fingerprint density at radius 1 is 1.33 bits per heavy atom. The molecule has 2 rings (SSSR count). The van der Waals surface area contributed by atoms with Gasteiger partial charge in [0.05, 0.1) is 6.07 Å². The molecule has 1 saturated carbocycles. The van der Waals surface area contributed by atoms with Crippen molar-refractivity contribution in [2.75, 3.05) is 26.2 Å². The number of likely N-dealkylation sites (tertiary alicyclic amines) is 1. The van der Waals surface area contributed by atoms with Crippen LogP contribution in [0.15, 0.2) is 0 Å². The molecule has 0 amide bonds. The quantitative estimate of drug-likeness (QED) is 0.785. The lowest BCUT2D eigenvalue weighted by Crippen LogP contribution is -2.55. The molecule has 2 atom stereocenters. The van der Waals surface area contributed by atoms with Gasteiger partial charge in [-0.25, -0.2) is 0 Å². The SMILES string of the molecule is CCNC(C#N)(CN1CCCC(CC)C1)C1CC1. The smallest absolute Gasteiger partial charge is 0.122 e. The minimum Gasteiger partial charge on any atom is -0.300 e. The van der Waals surface area contributed by atoms with E-state index < -0.39 is 0 Å². The first-order chi connectivity index (χ1) is 8.74. The lowest BCUT2D eigenvalue weighted by molar-refractivity contribution is 0.133. The van der Waals surface area contributed by atoms with Crippen LogP contribution < -0.4 is 5.32 Å². The molecule has 18 heavy (non-hydrogen) atoms. The van der Waals surface area contributed by atoms with Gasteiger partial charge in [-0.1, -0.05) is 20.3 Å². The zero-order valence-corrected chi connectivity index (χ0v) is 11.9. The Labute approximate surface area is 112 Å². The van der Waals surface area contributed by atoms with E-state index in [9.17, 15) is 5.26 Å². The summed E-state index contributed by atoms with van der Waals surface area (Å²) in [6.07, 6.45) is 6.41. The molecule has 1 aliphatic heterocycles. The van der Waals surface area contributed by atoms with Gasteiger partial charge in [-0.2, -0.15) is 5.26 Å². The average Bonchev–Trinajstić information content (AvgIpc) is 3.23. The molecule has 1 N–H and O–H groups in total. The molecule has 1 saturated heterocycles. The molecular formula is C15H27N3. The third-order valence-electron chi connectivity index (χ3n) is 4.62. The van der Waals surface area contributed by atoms with Crippen LogP contribution in [-0.4, -0.2) is 36.6 Å². The molecule has 0 spiro atoms. The maximum Gasteiger partial charge on any atom is 0.122 e. The van der Waals surface area contributed by atoms with E-state index in [4.69, 9.17) is 0 Å². The van der Waals surface area contributed by atoms with E-state index >= 15 is 0 Å². The predicted octanol–water partition coefficient (Wildman–Crippen LogP) is 2.39. The molecule has 1 heterocycles. The first-order valence-corrected chi connectivity index (χ1v) is 7.62. The van der Waals surface area contributed by atoms with Crippen molar-refractivity contribution in [1.29, 1.82) is 5.26 Å². The molecule has 1 aliphatic carbocycles. The number of rotatable bonds is 6. The monoisotopic (exact) mass is 249 g/mol. The van der Waals surface area contributed by atoms with Crippen molar-refractivity contribution in [1.82, 2.24) is 10.2 Å². The Morgan fingerprint density at radius 3 is 2.67 bits per heavy atom. The van der Waals surface area contributed by atoms with Gasteiger partial charge < -0.3 is 4.90 Å². The molecule has 0 radical (unpaired) electrons. The topological polar surface area (TPSA) is 39.1 Å². The molecule has 2 aliphatic rings. The lowest BCUT2D eigenvalue weighted by atomic mass is 9.90. The molecule has 0 bridgehead atoms. The van der Waals surface area contributed by atoms with Crippen LogP contribution in [0.5, 0.6) is 0 Å². The average molecular weight is 249 g/mol. The second-order valence-electron chi connectivity index (χ2n) is 6.04. The second kappa shape index (κ2) is 6.04. The molecule has 3 heteroatoms. The van der Waals surface area contributed by atoms with Gasteiger partial charge in [0.1, 0.15) is 5.54 Å². The molecular weight excluding hydrogens is 222 g/mol. The van der Waals surface area contributed by atoms with E-state index in [1.807, 2.05) is 0 Å². The van der Waals surface area contributed by atoms with E-state index in [-0.39, 0.29) is 5.54 Å². The van der Waals surface area contributed by atoms with Gasteiger partial charge in [0.25, 0.3) is 0 Å². The number of nitriles is 1. The molecule has 2 unspecified atom stereocenters. The molecule has 2 fully saturated rings. The minimum atomic E-state index is -0.273. The first kappa shape index (κ1) is 13.8. The summed E-state index contributed by atoms with van der Waals surface area (Å²) in [4.78, 5) is 2.53. The van der Waals surface area contributed by atoms with Crippen molar-refractivity contribution in [3.05, 3.63) is 0 Å². The summed E-state index contributed by atoms with van der Waals surface area (Å²) in [6, 6.07) is 2.61. The number of piperidine rings is 1. The lowest BCUT2D eigenvalue weighted by Gasteiger charge is -2.38. The summed E-state index contributed by atoms with van der Waals surface area (Å²) in [5, 5.41) is 13.1. The number of hydrogen-bond donors (Lipinski definition) is 1. The third-order valence-corrected chi connectivity index (χ3v) is 4.62. The van der Waals surface area contributed by atoms with Gasteiger partial charge in [0, 0.05) is 13.1 Å². The molecule has 0 aromatic carbocycles. The van der Waals surface area contributed by atoms with E-state index in [2.05, 4.69) is 30.1 Å². The Kier molecular flexibility index (Phi) is 4.64. The standard InChI is InChI=1S/C15H27N3/c1-3-13-6-5-9-18(10-13)12-15(11-16,17-4-2)14-7-8-14/h13-14,17H,3-10,12H2,1-2H3. The fourth-order valence-corrected chi connectivity index (χ4v) is 3.37. The maximum atomic E-state index is 9.63. The Bertz CT molecular complexity index is 305. The highest BCUT2D eigenvalue weighted by atomic mass is 15.2. The normalized spacial score (nSPS) is 28.6. The van der Waals surface area contributed by atoms with Gasteiger partial charge in [-0.15, -0.1) is 0 Å². The number of nitrogens with one attached hydrogen (secondary N) is 1. The zero-order valence-electron chi connectivity index (χ0n) is 11.9. The van der Waals surface area contributed by atoms with E-state index in [1.165, 1.54) is 45.2 Å². The van der Waals surface area contributed by atoms with Crippen LogP contribution in [0.25, 0.3) is 0 Å². The van der Waals surface area contributed by atoms with Gasteiger partial charge in [-0.05, 0) is 50.6 Å². The fraction of sp³-hybridized carbons (Fsp3) is 0.933. The first-order valence-electron chi connectivity index (χ1n) is 7.62. The van der Waals surface area contributed by atoms with Crippen molar-refractivity contribution in [3.8, 4) is 6.07 Å². The maximum absolute atomic E-state index is 9.63. The van der Waals surface area contributed by atoms with Gasteiger partial charge in [-0.3, -0.25) is 5.32 Å². The van der Waals surface area contributed by atoms with Crippen LogP contribution in [0.3, 0.4) is 0 Å². The number of hydrogen-bond acceptors (Lipinski definition) is 3. The largest absolute Gasteiger partial charge is 0.300 e. The second-order valence-corrected chi connectivity index (χ2v) is 6.04. The Balaban J connectivity index is 1.97. The summed E-state index contributed by atoms with van der Waals surface area (Å²) in [5.74, 6) is 1.43. The Morgan fingerprint density at radius 2 is 2.11 bits per heavy atom. The summed E-state index contributed by atoms with van der Waals surface area (Å²) >= 11 is 0. The molecule has 0 aromatic rings. The van der Waals surface area contributed by atoms with Crippen molar-refractivity contribution in [3.63, 3.8) is 0 Å². The highest BCUT2D eigenvalue weighted by Gasteiger charge is 2.46. The van der Waals surface area contributed by atoms with Crippen LogP contribution >= 0.6 is 0 Å². The molecule has 3 nitrogen and oxygen atoms in total. The predicted molar refractivity (Wildman–Crippen MR) is 74.2 cm³/mol. The third kappa shape index (κ3) is 3.05. The van der Waals surface area contributed by atoms with E-state index in [0.717, 1.165) is 19.0 Å². The van der Waals surface area contributed by atoms with Crippen molar-refractivity contribution >= 4 is 0 Å². The van der Waals surface area contributed by atoms with Crippen molar-refractivity contribution < 1.29 is 0 Å². The van der Waals surface area contributed by atoms with Crippen LogP contribution in [-0.2, 0) is 0 Å². The van der Waals surface area contributed by atoms with Crippen LogP contribution in [0, 0.1) is 23.2 Å².